The number of nitrogens with one attached hydrogen (secondary N) is 2. The van der Waals surface area contributed by atoms with Gasteiger partial charge in [-0.25, -0.2) is 12.8 Å². The van der Waals surface area contributed by atoms with E-state index in [0.717, 1.165) is 6.07 Å². The van der Waals surface area contributed by atoms with Gasteiger partial charge in [-0.05, 0) is 23.6 Å². The Kier molecular flexibility index (Phi) is 6.95. The van der Waals surface area contributed by atoms with Gasteiger partial charge in [0.1, 0.15) is 10.7 Å². The van der Waals surface area contributed by atoms with Gasteiger partial charge in [-0.2, -0.15) is 0 Å². The van der Waals surface area contributed by atoms with E-state index in [9.17, 15) is 12.8 Å². The van der Waals surface area contributed by atoms with Gasteiger partial charge in [0.2, 0.25) is 0 Å². The van der Waals surface area contributed by atoms with Crippen molar-refractivity contribution in [2.45, 2.75) is 17.7 Å². The molecule has 0 amide bonds. The van der Waals surface area contributed by atoms with Crippen LogP contribution in [-0.2, 0) is 9.84 Å². The Morgan fingerprint density at radius 1 is 1.24 bits per heavy atom. The Bertz CT molecular complexity index is 805. The van der Waals surface area contributed by atoms with Crippen LogP contribution in [-0.4, -0.2) is 40.3 Å². The van der Waals surface area contributed by atoms with Crippen LogP contribution in [0.4, 0.5) is 4.39 Å². The molecule has 2 aromatic rings. The first-order valence-electron chi connectivity index (χ1n) is 7.89. The van der Waals surface area contributed by atoms with E-state index in [0.29, 0.717) is 18.4 Å². The van der Waals surface area contributed by atoms with E-state index >= 15 is 0 Å². The van der Waals surface area contributed by atoms with Crippen LogP contribution in [0.3, 0.4) is 0 Å². The van der Waals surface area contributed by atoms with Gasteiger partial charge in [-0.15, -0.1) is 11.3 Å². The number of sulfone groups is 1. The van der Waals surface area contributed by atoms with Crippen molar-refractivity contribution in [3.05, 3.63) is 52.5 Å². The zero-order valence-corrected chi connectivity index (χ0v) is 15.8. The zero-order valence-electron chi connectivity index (χ0n) is 14.2. The summed E-state index contributed by atoms with van der Waals surface area (Å²) in [7, 11) is -2.06. The first kappa shape index (κ1) is 19.4. The van der Waals surface area contributed by atoms with Crippen LogP contribution in [0.25, 0.3) is 0 Å². The minimum Gasteiger partial charge on any atom is -0.356 e. The van der Waals surface area contributed by atoms with E-state index in [1.54, 1.807) is 18.4 Å². The van der Waals surface area contributed by atoms with Crippen LogP contribution in [0.2, 0.25) is 0 Å². The third kappa shape index (κ3) is 5.54. The maximum absolute atomic E-state index is 13.6. The molecule has 0 aliphatic rings. The van der Waals surface area contributed by atoms with Crippen molar-refractivity contribution < 1.29 is 12.8 Å². The maximum atomic E-state index is 13.6. The SMILES string of the molecule is CN=C(NCCS(=O)(=O)c1ccccc1F)NCC(C)c1cccs1. The summed E-state index contributed by atoms with van der Waals surface area (Å²) in [5.41, 5.74) is 0. The number of hydrogen-bond acceptors (Lipinski definition) is 4. The van der Waals surface area contributed by atoms with Crippen LogP contribution in [0.1, 0.15) is 17.7 Å². The van der Waals surface area contributed by atoms with Crippen molar-refractivity contribution in [1.29, 1.82) is 0 Å². The summed E-state index contributed by atoms with van der Waals surface area (Å²) < 4.78 is 38.1. The predicted molar refractivity (Wildman–Crippen MR) is 101 cm³/mol. The fraction of sp³-hybridized carbons (Fsp3) is 0.353. The van der Waals surface area contributed by atoms with Gasteiger partial charge in [0, 0.05) is 30.9 Å². The normalized spacial score (nSPS) is 13.5. The number of rotatable bonds is 7. The van der Waals surface area contributed by atoms with Crippen molar-refractivity contribution in [1.82, 2.24) is 10.6 Å². The molecule has 1 aromatic carbocycles. The van der Waals surface area contributed by atoms with E-state index in [-0.39, 0.29) is 17.2 Å². The molecule has 0 fully saturated rings. The topological polar surface area (TPSA) is 70.6 Å². The van der Waals surface area contributed by atoms with E-state index < -0.39 is 15.7 Å². The molecule has 0 spiro atoms. The van der Waals surface area contributed by atoms with Gasteiger partial charge in [0.25, 0.3) is 0 Å². The molecule has 5 nitrogen and oxygen atoms in total. The van der Waals surface area contributed by atoms with E-state index in [4.69, 9.17) is 0 Å². The fourth-order valence-corrected chi connectivity index (χ4v) is 4.28. The quantitative estimate of drug-likeness (QED) is 0.570. The summed E-state index contributed by atoms with van der Waals surface area (Å²) in [6.45, 7) is 2.93. The third-order valence-corrected chi connectivity index (χ3v) is 6.51. The molecule has 1 atom stereocenters. The molecule has 25 heavy (non-hydrogen) atoms. The number of aliphatic imine (C=N–C) groups is 1. The van der Waals surface area contributed by atoms with Crippen molar-refractivity contribution in [2.75, 3.05) is 25.9 Å². The summed E-state index contributed by atoms with van der Waals surface area (Å²) in [5.74, 6) is -0.0996. The van der Waals surface area contributed by atoms with Gasteiger partial charge in [-0.3, -0.25) is 4.99 Å². The van der Waals surface area contributed by atoms with Crippen LogP contribution in [0.15, 0.2) is 51.7 Å². The van der Waals surface area contributed by atoms with Crippen LogP contribution in [0.5, 0.6) is 0 Å². The lowest BCUT2D eigenvalue weighted by molar-refractivity contribution is 0.566. The highest BCUT2D eigenvalue weighted by atomic mass is 32.2. The summed E-state index contributed by atoms with van der Waals surface area (Å²) in [4.78, 5) is 5.08. The van der Waals surface area contributed by atoms with Crippen LogP contribution in [0, 0.1) is 5.82 Å². The van der Waals surface area contributed by atoms with Gasteiger partial charge >= 0.3 is 0 Å². The first-order chi connectivity index (χ1) is 11.9. The zero-order chi connectivity index (χ0) is 18.3. The monoisotopic (exact) mass is 383 g/mol. The Morgan fingerprint density at radius 3 is 2.64 bits per heavy atom. The second-order valence-corrected chi connectivity index (χ2v) is 8.60. The Hall–Kier alpha value is -1.93. The fourth-order valence-electron chi connectivity index (χ4n) is 2.25. The molecule has 1 aromatic heterocycles. The average molecular weight is 384 g/mol. The minimum atomic E-state index is -3.68. The molecule has 136 valence electrons. The van der Waals surface area contributed by atoms with E-state index in [2.05, 4.69) is 28.6 Å². The van der Waals surface area contributed by atoms with E-state index in [1.807, 2.05) is 11.4 Å². The third-order valence-electron chi connectivity index (χ3n) is 3.66. The largest absolute Gasteiger partial charge is 0.356 e. The van der Waals surface area contributed by atoms with E-state index in [1.165, 1.54) is 23.1 Å². The number of benzene rings is 1. The molecule has 0 saturated carbocycles. The number of guanidine groups is 1. The number of hydrogen-bond donors (Lipinski definition) is 2. The van der Waals surface area contributed by atoms with Crippen molar-refractivity contribution >= 4 is 27.1 Å². The molecule has 0 aliphatic carbocycles. The molecular weight excluding hydrogens is 361 g/mol. The van der Waals surface area contributed by atoms with Crippen molar-refractivity contribution in [3.8, 4) is 0 Å². The predicted octanol–water partition coefficient (Wildman–Crippen LogP) is 2.63. The van der Waals surface area contributed by atoms with Gasteiger partial charge in [0.05, 0.1) is 5.75 Å². The molecule has 0 aliphatic heterocycles. The van der Waals surface area contributed by atoms with Crippen molar-refractivity contribution in [2.24, 2.45) is 4.99 Å². The standard InChI is InChI=1S/C17H22FN3O2S2/c1-13(15-7-5-10-24-15)12-21-17(19-2)20-9-11-25(22,23)16-8-4-3-6-14(16)18/h3-8,10,13H,9,11-12H2,1-2H3,(H2,19,20,21). The number of nitrogens with zero attached hydrogens (tertiary/aromatic N) is 1. The molecule has 2 N–H and O–H groups in total. The van der Waals surface area contributed by atoms with Crippen LogP contribution < -0.4 is 10.6 Å². The maximum Gasteiger partial charge on any atom is 0.191 e. The van der Waals surface area contributed by atoms with Gasteiger partial charge < -0.3 is 10.6 Å². The highest BCUT2D eigenvalue weighted by Crippen LogP contribution is 2.19. The second kappa shape index (κ2) is 8.96. The summed E-state index contributed by atoms with van der Waals surface area (Å²) in [5, 5.41) is 8.16. The Balaban J connectivity index is 1.84. The van der Waals surface area contributed by atoms with Gasteiger partial charge in [-0.1, -0.05) is 25.1 Å². The average Bonchev–Trinajstić information content (AvgIpc) is 3.12. The molecular formula is C17H22FN3O2S2. The van der Waals surface area contributed by atoms with Crippen molar-refractivity contribution in [3.63, 3.8) is 0 Å². The lowest BCUT2D eigenvalue weighted by Gasteiger charge is -2.15. The lowest BCUT2D eigenvalue weighted by Crippen LogP contribution is -2.41. The number of halogens is 1. The second-order valence-electron chi connectivity index (χ2n) is 5.55. The molecule has 0 radical (unpaired) electrons. The Labute approximate surface area is 151 Å². The number of thiophene rings is 1. The van der Waals surface area contributed by atoms with Gasteiger partial charge in [0.15, 0.2) is 15.8 Å². The summed E-state index contributed by atoms with van der Waals surface area (Å²) in [6.07, 6.45) is 0. The first-order valence-corrected chi connectivity index (χ1v) is 10.4. The molecule has 1 heterocycles. The Morgan fingerprint density at radius 2 is 2.00 bits per heavy atom. The minimum absolute atomic E-state index is 0.143. The lowest BCUT2D eigenvalue weighted by atomic mass is 10.1. The molecule has 0 bridgehead atoms. The highest BCUT2D eigenvalue weighted by Gasteiger charge is 2.18. The summed E-state index contributed by atoms with van der Waals surface area (Å²) in [6, 6.07) is 9.49. The smallest absolute Gasteiger partial charge is 0.191 e. The summed E-state index contributed by atoms with van der Waals surface area (Å²) >= 11 is 1.70. The highest BCUT2D eigenvalue weighted by molar-refractivity contribution is 7.91. The molecule has 1 unspecified atom stereocenters. The van der Waals surface area contributed by atoms with Crippen LogP contribution >= 0.6 is 11.3 Å². The molecule has 8 heteroatoms. The molecule has 2 rings (SSSR count). The molecule has 0 saturated heterocycles.